The van der Waals surface area contributed by atoms with Gasteiger partial charge in [-0.05, 0) is 51.9 Å². The molecule has 1 fully saturated rings. The number of likely N-dealkylation sites (tertiary alicyclic amines) is 1. The van der Waals surface area contributed by atoms with Crippen molar-refractivity contribution in [2.45, 2.75) is 51.8 Å². The Kier molecular flexibility index (Phi) is 6.57. The van der Waals surface area contributed by atoms with Gasteiger partial charge in [0.05, 0.1) is 12.1 Å². The predicted octanol–water partition coefficient (Wildman–Crippen LogP) is 2.77. The standard InChI is InChI=1S/C19H28N4O3/c1-3-25-18(23-16-11-7-6-10-15(16)20-21-23)14-17(19(24)26-4-2)22-12-8-5-9-13-22/h6-7,10-11,17-18H,3-5,8-9,12-14H2,1-2H3. The van der Waals surface area contributed by atoms with Crippen molar-refractivity contribution in [1.29, 1.82) is 0 Å². The minimum absolute atomic E-state index is 0.177. The van der Waals surface area contributed by atoms with Gasteiger partial charge < -0.3 is 9.47 Å². The van der Waals surface area contributed by atoms with Gasteiger partial charge in [-0.15, -0.1) is 5.10 Å². The molecule has 26 heavy (non-hydrogen) atoms. The molecule has 2 atom stereocenters. The number of esters is 1. The topological polar surface area (TPSA) is 69.5 Å². The van der Waals surface area contributed by atoms with Gasteiger partial charge >= 0.3 is 5.97 Å². The van der Waals surface area contributed by atoms with E-state index in [4.69, 9.17) is 9.47 Å². The lowest BCUT2D eigenvalue weighted by Gasteiger charge is -2.34. The molecule has 0 amide bonds. The van der Waals surface area contributed by atoms with Gasteiger partial charge in [0.15, 0.2) is 6.23 Å². The number of carbonyl (C=O) groups is 1. The zero-order chi connectivity index (χ0) is 18.4. The lowest BCUT2D eigenvalue weighted by Crippen LogP contribution is -2.46. The van der Waals surface area contributed by atoms with Gasteiger partial charge in [-0.25, -0.2) is 4.68 Å². The molecular formula is C19H28N4O3. The van der Waals surface area contributed by atoms with E-state index >= 15 is 0 Å². The molecule has 0 N–H and O–H groups in total. The molecule has 1 aromatic heterocycles. The molecule has 7 heteroatoms. The Balaban J connectivity index is 1.86. The molecule has 2 unspecified atom stereocenters. The number of hydrogen-bond acceptors (Lipinski definition) is 6. The van der Waals surface area contributed by atoms with E-state index in [-0.39, 0.29) is 18.2 Å². The number of nitrogens with zero attached hydrogens (tertiary/aromatic N) is 4. The second-order valence-corrected chi connectivity index (χ2v) is 6.53. The van der Waals surface area contributed by atoms with E-state index in [1.807, 2.05) is 38.1 Å². The molecule has 1 aliphatic heterocycles. The quantitative estimate of drug-likeness (QED) is 0.674. The summed E-state index contributed by atoms with van der Waals surface area (Å²) in [6.45, 7) is 6.55. The van der Waals surface area contributed by atoms with E-state index in [9.17, 15) is 4.79 Å². The molecule has 0 saturated carbocycles. The van der Waals surface area contributed by atoms with Crippen LogP contribution in [0.3, 0.4) is 0 Å². The number of fused-ring (bicyclic) bond motifs is 1. The summed E-state index contributed by atoms with van der Waals surface area (Å²) in [6, 6.07) is 7.47. The van der Waals surface area contributed by atoms with E-state index in [0.717, 1.165) is 37.0 Å². The molecule has 0 bridgehead atoms. The first-order valence-corrected chi connectivity index (χ1v) is 9.56. The molecule has 0 radical (unpaired) electrons. The summed E-state index contributed by atoms with van der Waals surface area (Å²) in [5, 5.41) is 8.51. The Morgan fingerprint density at radius 3 is 2.65 bits per heavy atom. The second-order valence-electron chi connectivity index (χ2n) is 6.53. The molecular weight excluding hydrogens is 332 g/mol. The van der Waals surface area contributed by atoms with Crippen molar-refractivity contribution in [1.82, 2.24) is 19.9 Å². The third-order valence-corrected chi connectivity index (χ3v) is 4.82. The van der Waals surface area contributed by atoms with Crippen molar-refractivity contribution in [3.63, 3.8) is 0 Å². The maximum absolute atomic E-state index is 12.7. The van der Waals surface area contributed by atoms with Crippen LogP contribution in [0.2, 0.25) is 0 Å². The van der Waals surface area contributed by atoms with Crippen LogP contribution in [-0.4, -0.2) is 58.2 Å². The highest BCUT2D eigenvalue weighted by Crippen LogP contribution is 2.25. The Morgan fingerprint density at radius 1 is 1.15 bits per heavy atom. The van der Waals surface area contributed by atoms with E-state index in [2.05, 4.69) is 15.2 Å². The summed E-state index contributed by atoms with van der Waals surface area (Å²) >= 11 is 0. The highest BCUT2D eigenvalue weighted by Gasteiger charge is 2.32. The maximum atomic E-state index is 12.7. The van der Waals surface area contributed by atoms with Crippen molar-refractivity contribution < 1.29 is 14.3 Å². The van der Waals surface area contributed by atoms with Crippen molar-refractivity contribution in [2.75, 3.05) is 26.3 Å². The third-order valence-electron chi connectivity index (χ3n) is 4.82. The summed E-state index contributed by atoms with van der Waals surface area (Å²) < 4.78 is 13.1. The van der Waals surface area contributed by atoms with Crippen molar-refractivity contribution in [3.8, 4) is 0 Å². The third kappa shape index (κ3) is 4.22. The van der Waals surface area contributed by atoms with Crippen molar-refractivity contribution >= 4 is 17.0 Å². The predicted molar refractivity (Wildman–Crippen MR) is 98.7 cm³/mol. The molecule has 0 spiro atoms. The normalized spacial score (nSPS) is 17.9. The van der Waals surface area contributed by atoms with Gasteiger partial charge in [-0.3, -0.25) is 9.69 Å². The lowest BCUT2D eigenvalue weighted by atomic mass is 10.1. The summed E-state index contributed by atoms with van der Waals surface area (Å²) in [7, 11) is 0. The summed E-state index contributed by atoms with van der Waals surface area (Å²) in [5.74, 6) is -0.177. The molecule has 7 nitrogen and oxygen atoms in total. The van der Waals surface area contributed by atoms with Gasteiger partial charge in [0, 0.05) is 13.0 Å². The van der Waals surface area contributed by atoms with Crippen LogP contribution in [0.25, 0.3) is 11.0 Å². The number of rotatable bonds is 8. The Bertz CT molecular complexity index is 712. The van der Waals surface area contributed by atoms with Gasteiger partial charge in [-0.2, -0.15) is 0 Å². The fraction of sp³-hybridized carbons (Fsp3) is 0.632. The Labute approximate surface area is 154 Å². The highest BCUT2D eigenvalue weighted by molar-refractivity contribution is 5.76. The van der Waals surface area contributed by atoms with Gasteiger partial charge in [0.1, 0.15) is 11.6 Å². The number of benzene rings is 1. The van der Waals surface area contributed by atoms with E-state index < -0.39 is 0 Å². The summed E-state index contributed by atoms with van der Waals surface area (Å²) in [6.07, 6.45) is 3.58. The monoisotopic (exact) mass is 360 g/mol. The minimum Gasteiger partial charge on any atom is -0.465 e. The average molecular weight is 360 g/mol. The van der Waals surface area contributed by atoms with Crippen LogP contribution < -0.4 is 0 Å². The summed E-state index contributed by atoms with van der Waals surface area (Å²) in [4.78, 5) is 14.9. The fourth-order valence-electron chi connectivity index (χ4n) is 3.58. The van der Waals surface area contributed by atoms with Gasteiger partial charge in [0.25, 0.3) is 0 Å². The van der Waals surface area contributed by atoms with Crippen LogP contribution >= 0.6 is 0 Å². The molecule has 142 valence electrons. The van der Waals surface area contributed by atoms with E-state index in [1.165, 1.54) is 6.42 Å². The van der Waals surface area contributed by atoms with Crippen LogP contribution in [0.1, 0.15) is 45.8 Å². The number of ether oxygens (including phenoxy) is 2. The molecule has 0 aliphatic carbocycles. The van der Waals surface area contributed by atoms with Gasteiger partial charge in [0.2, 0.25) is 0 Å². The molecule has 3 rings (SSSR count). The summed E-state index contributed by atoms with van der Waals surface area (Å²) in [5.41, 5.74) is 1.73. The van der Waals surface area contributed by atoms with Crippen molar-refractivity contribution in [2.24, 2.45) is 0 Å². The van der Waals surface area contributed by atoms with Gasteiger partial charge in [-0.1, -0.05) is 23.8 Å². The van der Waals surface area contributed by atoms with Crippen molar-refractivity contribution in [3.05, 3.63) is 24.3 Å². The Hall–Kier alpha value is -1.99. The second kappa shape index (κ2) is 9.09. The van der Waals surface area contributed by atoms with E-state index in [1.54, 1.807) is 4.68 Å². The number of piperidine rings is 1. The molecule has 2 aromatic rings. The fourth-order valence-corrected chi connectivity index (χ4v) is 3.58. The van der Waals surface area contributed by atoms with Crippen LogP contribution in [0.4, 0.5) is 0 Å². The highest BCUT2D eigenvalue weighted by atomic mass is 16.5. The average Bonchev–Trinajstić information content (AvgIpc) is 3.10. The Morgan fingerprint density at radius 2 is 1.92 bits per heavy atom. The SMILES string of the molecule is CCOC(=O)C(CC(OCC)n1nnc2ccccc21)N1CCCCC1. The number of para-hydroxylation sites is 1. The number of hydrogen-bond donors (Lipinski definition) is 0. The zero-order valence-corrected chi connectivity index (χ0v) is 15.6. The molecule has 1 aliphatic rings. The molecule has 1 saturated heterocycles. The van der Waals surface area contributed by atoms with E-state index in [0.29, 0.717) is 19.6 Å². The van der Waals surface area contributed by atoms with Crippen LogP contribution in [-0.2, 0) is 14.3 Å². The minimum atomic E-state index is -0.358. The number of aromatic nitrogens is 3. The molecule has 1 aromatic carbocycles. The zero-order valence-electron chi connectivity index (χ0n) is 15.6. The maximum Gasteiger partial charge on any atom is 0.323 e. The number of carbonyl (C=O) groups excluding carboxylic acids is 1. The first-order chi connectivity index (χ1) is 12.7. The van der Waals surface area contributed by atoms with Crippen LogP contribution in [0, 0.1) is 0 Å². The van der Waals surface area contributed by atoms with Crippen LogP contribution in [0.5, 0.6) is 0 Å². The first kappa shape index (κ1) is 18.8. The van der Waals surface area contributed by atoms with Crippen LogP contribution in [0.15, 0.2) is 24.3 Å². The largest absolute Gasteiger partial charge is 0.465 e. The smallest absolute Gasteiger partial charge is 0.323 e. The first-order valence-electron chi connectivity index (χ1n) is 9.56. The lowest BCUT2D eigenvalue weighted by molar-refractivity contribution is -0.153. The molecule has 2 heterocycles.